The molecule has 0 amide bonds. The molecular formula is C13H17BrN2O. The van der Waals surface area contributed by atoms with Gasteiger partial charge in [0.2, 0.25) is 0 Å². The third kappa shape index (κ3) is 5.20. The van der Waals surface area contributed by atoms with Crippen LogP contribution in [0, 0.1) is 11.3 Å². The third-order valence-electron chi connectivity index (χ3n) is 2.05. The van der Waals surface area contributed by atoms with Crippen molar-refractivity contribution in [1.29, 1.82) is 5.26 Å². The second-order valence-electron chi connectivity index (χ2n) is 4.69. The highest BCUT2D eigenvalue weighted by atomic mass is 79.9. The van der Waals surface area contributed by atoms with Crippen LogP contribution in [0.2, 0.25) is 0 Å². The smallest absolute Gasteiger partial charge is 0.0992 e. The van der Waals surface area contributed by atoms with Gasteiger partial charge in [-0.2, -0.15) is 5.26 Å². The number of benzene rings is 1. The Labute approximate surface area is 111 Å². The summed E-state index contributed by atoms with van der Waals surface area (Å²) >= 11 is 3.43. The van der Waals surface area contributed by atoms with Crippen molar-refractivity contribution in [3.05, 3.63) is 28.2 Å². The maximum absolute atomic E-state index is 8.75. The molecule has 0 aliphatic heterocycles. The number of ether oxygens (including phenoxy) is 1. The minimum atomic E-state index is -0.108. The van der Waals surface area contributed by atoms with Gasteiger partial charge in [-0.3, -0.25) is 0 Å². The van der Waals surface area contributed by atoms with Crippen LogP contribution in [0.1, 0.15) is 26.3 Å². The zero-order chi connectivity index (χ0) is 12.9. The molecule has 4 heteroatoms. The maximum Gasteiger partial charge on any atom is 0.0992 e. The highest BCUT2D eigenvalue weighted by Crippen LogP contribution is 2.23. The second-order valence-corrected chi connectivity index (χ2v) is 5.55. The van der Waals surface area contributed by atoms with Crippen LogP contribution >= 0.6 is 15.9 Å². The minimum absolute atomic E-state index is 0.108. The van der Waals surface area contributed by atoms with E-state index in [9.17, 15) is 0 Å². The standard InChI is InChI=1S/C13H17BrN2O/c1-13(2,3)17-7-6-16-12-5-4-10(9-15)8-11(12)14/h4-5,8,16H,6-7H2,1-3H3. The van der Waals surface area contributed by atoms with Gasteiger partial charge in [-0.15, -0.1) is 0 Å². The number of halogens is 1. The lowest BCUT2D eigenvalue weighted by molar-refractivity contribution is 0.00333. The molecule has 1 N–H and O–H groups in total. The molecular weight excluding hydrogens is 280 g/mol. The first-order chi connectivity index (χ1) is 7.92. The van der Waals surface area contributed by atoms with E-state index in [2.05, 4.69) is 27.3 Å². The van der Waals surface area contributed by atoms with Crippen molar-refractivity contribution in [2.24, 2.45) is 0 Å². The topological polar surface area (TPSA) is 45.0 Å². The molecule has 0 atom stereocenters. The molecule has 0 radical (unpaired) electrons. The lowest BCUT2D eigenvalue weighted by Crippen LogP contribution is -2.23. The lowest BCUT2D eigenvalue weighted by Gasteiger charge is -2.20. The van der Waals surface area contributed by atoms with Crippen molar-refractivity contribution < 1.29 is 4.74 Å². The van der Waals surface area contributed by atoms with Gasteiger partial charge in [0.15, 0.2) is 0 Å². The molecule has 1 aromatic carbocycles. The molecule has 1 rings (SSSR count). The predicted octanol–water partition coefficient (Wildman–Crippen LogP) is 3.55. The lowest BCUT2D eigenvalue weighted by atomic mass is 10.2. The van der Waals surface area contributed by atoms with Crippen LogP contribution in [0.4, 0.5) is 5.69 Å². The average molecular weight is 297 g/mol. The Morgan fingerprint density at radius 1 is 1.41 bits per heavy atom. The van der Waals surface area contributed by atoms with Gasteiger partial charge in [0.05, 0.1) is 23.8 Å². The Kier molecular flexibility index (Phi) is 4.98. The molecule has 1 aromatic rings. The fraction of sp³-hybridized carbons (Fsp3) is 0.462. The molecule has 17 heavy (non-hydrogen) atoms. The van der Waals surface area contributed by atoms with E-state index in [0.717, 1.165) is 16.7 Å². The van der Waals surface area contributed by atoms with Crippen LogP contribution < -0.4 is 5.32 Å². The number of nitriles is 1. The third-order valence-corrected chi connectivity index (χ3v) is 2.71. The SMILES string of the molecule is CC(C)(C)OCCNc1ccc(C#N)cc1Br. The summed E-state index contributed by atoms with van der Waals surface area (Å²) in [7, 11) is 0. The van der Waals surface area contributed by atoms with E-state index in [-0.39, 0.29) is 5.60 Å². The summed E-state index contributed by atoms with van der Waals surface area (Å²) in [6.45, 7) is 7.48. The Balaban J connectivity index is 2.45. The van der Waals surface area contributed by atoms with Gasteiger partial charge < -0.3 is 10.1 Å². The largest absolute Gasteiger partial charge is 0.382 e. The van der Waals surface area contributed by atoms with Crippen molar-refractivity contribution in [2.75, 3.05) is 18.5 Å². The van der Waals surface area contributed by atoms with E-state index < -0.39 is 0 Å². The first-order valence-corrected chi connectivity index (χ1v) is 6.29. The van der Waals surface area contributed by atoms with Crippen molar-refractivity contribution in [3.8, 4) is 6.07 Å². The summed E-state index contributed by atoms with van der Waals surface area (Å²) in [4.78, 5) is 0. The molecule has 0 aliphatic carbocycles. The van der Waals surface area contributed by atoms with Crippen LogP contribution in [0.25, 0.3) is 0 Å². The first-order valence-electron chi connectivity index (χ1n) is 5.50. The molecule has 0 fully saturated rings. The molecule has 0 unspecified atom stereocenters. The van der Waals surface area contributed by atoms with Crippen LogP contribution in [0.5, 0.6) is 0 Å². The number of anilines is 1. The van der Waals surface area contributed by atoms with Crippen LogP contribution in [-0.4, -0.2) is 18.8 Å². The van der Waals surface area contributed by atoms with Gasteiger partial charge in [0.25, 0.3) is 0 Å². The van der Waals surface area contributed by atoms with E-state index in [1.54, 1.807) is 12.1 Å². The summed E-state index contributed by atoms with van der Waals surface area (Å²) in [6, 6.07) is 7.58. The number of nitrogens with zero attached hydrogens (tertiary/aromatic N) is 1. The normalized spacial score (nSPS) is 11.0. The fourth-order valence-corrected chi connectivity index (χ4v) is 1.79. The van der Waals surface area contributed by atoms with Crippen molar-refractivity contribution >= 4 is 21.6 Å². The van der Waals surface area contributed by atoms with Gasteiger partial charge in [-0.05, 0) is 54.9 Å². The van der Waals surface area contributed by atoms with Crippen LogP contribution in [0.3, 0.4) is 0 Å². The minimum Gasteiger partial charge on any atom is -0.382 e. The van der Waals surface area contributed by atoms with E-state index in [0.29, 0.717) is 12.2 Å². The monoisotopic (exact) mass is 296 g/mol. The second kappa shape index (κ2) is 6.04. The summed E-state index contributed by atoms with van der Waals surface area (Å²) in [5, 5.41) is 12.0. The molecule has 0 aromatic heterocycles. The highest BCUT2D eigenvalue weighted by molar-refractivity contribution is 9.10. The summed E-state index contributed by atoms with van der Waals surface area (Å²) < 4.78 is 6.50. The molecule has 92 valence electrons. The molecule has 0 aliphatic rings. The van der Waals surface area contributed by atoms with Crippen LogP contribution in [0.15, 0.2) is 22.7 Å². The zero-order valence-electron chi connectivity index (χ0n) is 10.4. The average Bonchev–Trinajstić information content (AvgIpc) is 2.24. The van der Waals surface area contributed by atoms with Gasteiger partial charge >= 0.3 is 0 Å². The summed E-state index contributed by atoms with van der Waals surface area (Å²) in [5.41, 5.74) is 1.51. The summed E-state index contributed by atoms with van der Waals surface area (Å²) in [6.07, 6.45) is 0. The van der Waals surface area contributed by atoms with Crippen molar-refractivity contribution in [2.45, 2.75) is 26.4 Å². The summed E-state index contributed by atoms with van der Waals surface area (Å²) in [5.74, 6) is 0. The Morgan fingerprint density at radius 2 is 2.12 bits per heavy atom. The van der Waals surface area contributed by atoms with E-state index >= 15 is 0 Å². The zero-order valence-corrected chi connectivity index (χ0v) is 12.0. The van der Waals surface area contributed by atoms with Crippen molar-refractivity contribution in [1.82, 2.24) is 0 Å². The number of hydrogen-bond acceptors (Lipinski definition) is 3. The van der Waals surface area contributed by atoms with E-state index in [1.165, 1.54) is 0 Å². The quantitative estimate of drug-likeness (QED) is 0.864. The molecule has 0 saturated heterocycles. The highest BCUT2D eigenvalue weighted by Gasteiger charge is 2.09. The molecule has 3 nitrogen and oxygen atoms in total. The fourth-order valence-electron chi connectivity index (χ4n) is 1.27. The Hall–Kier alpha value is -1.05. The molecule has 0 heterocycles. The Morgan fingerprint density at radius 3 is 2.65 bits per heavy atom. The Bertz CT molecular complexity index is 418. The molecule has 0 saturated carbocycles. The molecule has 0 spiro atoms. The van der Waals surface area contributed by atoms with Crippen LogP contribution in [-0.2, 0) is 4.74 Å². The molecule has 0 bridgehead atoms. The van der Waals surface area contributed by atoms with E-state index in [4.69, 9.17) is 10.00 Å². The number of hydrogen-bond donors (Lipinski definition) is 1. The van der Waals surface area contributed by atoms with Gasteiger partial charge in [-0.25, -0.2) is 0 Å². The van der Waals surface area contributed by atoms with Gasteiger partial charge in [0.1, 0.15) is 0 Å². The number of rotatable bonds is 4. The maximum atomic E-state index is 8.75. The first kappa shape index (κ1) is 14.0. The number of nitrogens with one attached hydrogen (secondary N) is 1. The van der Waals surface area contributed by atoms with Crippen molar-refractivity contribution in [3.63, 3.8) is 0 Å². The van der Waals surface area contributed by atoms with E-state index in [1.807, 2.05) is 26.8 Å². The van der Waals surface area contributed by atoms with Gasteiger partial charge in [0, 0.05) is 16.7 Å². The predicted molar refractivity (Wildman–Crippen MR) is 73.1 cm³/mol. The van der Waals surface area contributed by atoms with Gasteiger partial charge in [-0.1, -0.05) is 0 Å².